The molecule has 0 aromatic carbocycles. The third-order valence-corrected chi connectivity index (χ3v) is 6.88. The average molecular weight is 349 g/mol. The molecule has 142 valence electrons. The van der Waals surface area contributed by atoms with Crippen molar-refractivity contribution in [2.24, 2.45) is 22.6 Å². The predicted molar refractivity (Wildman–Crippen MR) is 102 cm³/mol. The van der Waals surface area contributed by atoms with Crippen molar-refractivity contribution in [2.45, 2.75) is 88.6 Å². The number of rotatable bonds is 6. The Kier molecular flexibility index (Phi) is 6.03. The summed E-state index contributed by atoms with van der Waals surface area (Å²) in [5, 5.41) is 3.43. The van der Waals surface area contributed by atoms with Crippen molar-refractivity contribution in [3.8, 4) is 0 Å². The SMILES string of the molecule is CN[C@H]1CCC[C@H](C[C@@]2(CCC3CCCCC3)N=C(N)N(C)C2=O)C1. The number of nitrogens with zero attached hydrogens (tertiary/aromatic N) is 2. The number of nitrogens with two attached hydrogens (primary N) is 1. The van der Waals surface area contributed by atoms with E-state index < -0.39 is 5.54 Å². The third kappa shape index (κ3) is 4.18. The molecule has 0 radical (unpaired) electrons. The van der Waals surface area contributed by atoms with Crippen molar-refractivity contribution in [3.05, 3.63) is 0 Å². The first kappa shape index (κ1) is 18.7. The van der Waals surface area contributed by atoms with E-state index in [1.807, 2.05) is 0 Å². The van der Waals surface area contributed by atoms with Gasteiger partial charge in [0.25, 0.3) is 5.91 Å². The van der Waals surface area contributed by atoms with Gasteiger partial charge in [-0.15, -0.1) is 0 Å². The maximum atomic E-state index is 13.1. The van der Waals surface area contributed by atoms with Gasteiger partial charge in [-0.1, -0.05) is 44.9 Å². The summed E-state index contributed by atoms with van der Waals surface area (Å²) in [6.07, 6.45) is 14.5. The smallest absolute Gasteiger partial charge is 0.257 e. The highest BCUT2D eigenvalue weighted by molar-refractivity contribution is 6.06. The van der Waals surface area contributed by atoms with Crippen molar-refractivity contribution >= 4 is 11.9 Å². The van der Waals surface area contributed by atoms with Crippen LogP contribution in [0.3, 0.4) is 0 Å². The number of hydrogen-bond donors (Lipinski definition) is 2. The second-order valence-electron chi connectivity index (χ2n) is 8.63. The fourth-order valence-corrected chi connectivity index (χ4v) is 5.29. The highest BCUT2D eigenvalue weighted by atomic mass is 16.2. The first-order valence-corrected chi connectivity index (χ1v) is 10.3. The molecule has 5 nitrogen and oxygen atoms in total. The molecule has 3 aliphatic rings. The number of carbonyl (C=O) groups excluding carboxylic acids is 1. The van der Waals surface area contributed by atoms with Gasteiger partial charge in [-0.2, -0.15) is 0 Å². The van der Waals surface area contributed by atoms with Gasteiger partial charge in [0.1, 0.15) is 5.54 Å². The molecule has 2 aliphatic carbocycles. The van der Waals surface area contributed by atoms with Crippen LogP contribution in [0, 0.1) is 11.8 Å². The lowest BCUT2D eigenvalue weighted by Gasteiger charge is -2.35. The highest BCUT2D eigenvalue weighted by Crippen LogP contribution is 2.40. The molecule has 0 aromatic rings. The second kappa shape index (κ2) is 8.07. The minimum atomic E-state index is -0.587. The minimum Gasteiger partial charge on any atom is -0.369 e. The van der Waals surface area contributed by atoms with Gasteiger partial charge in [0.05, 0.1) is 0 Å². The van der Waals surface area contributed by atoms with Crippen molar-refractivity contribution in [1.29, 1.82) is 0 Å². The Labute approximate surface area is 152 Å². The lowest BCUT2D eigenvalue weighted by Crippen LogP contribution is -2.44. The van der Waals surface area contributed by atoms with Crippen LogP contribution in [-0.4, -0.2) is 42.4 Å². The Balaban J connectivity index is 1.69. The van der Waals surface area contributed by atoms with Crippen LogP contribution in [0.25, 0.3) is 0 Å². The molecular formula is C20H36N4O. The van der Waals surface area contributed by atoms with Gasteiger partial charge in [0, 0.05) is 13.1 Å². The molecule has 2 fully saturated rings. The van der Waals surface area contributed by atoms with Crippen molar-refractivity contribution in [1.82, 2.24) is 10.2 Å². The van der Waals surface area contributed by atoms with E-state index in [0.29, 0.717) is 17.9 Å². The minimum absolute atomic E-state index is 0.132. The molecule has 3 N–H and O–H groups in total. The quantitative estimate of drug-likeness (QED) is 0.775. The lowest BCUT2D eigenvalue weighted by atomic mass is 9.74. The summed E-state index contributed by atoms with van der Waals surface area (Å²) in [7, 11) is 3.83. The zero-order valence-electron chi connectivity index (χ0n) is 16.1. The van der Waals surface area contributed by atoms with Gasteiger partial charge in [0.15, 0.2) is 5.96 Å². The maximum absolute atomic E-state index is 13.1. The number of aliphatic imine (C=N–C) groups is 1. The monoisotopic (exact) mass is 348 g/mol. The molecule has 3 rings (SSSR count). The standard InChI is InChI=1S/C20H36N4O/c1-22-17-10-6-9-16(13-17)14-20(18(25)24(2)19(21)23-20)12-11-15-7-4-3-5-8-15/h15-17,22H,3-14H2,1-2H3,(H2,21,23)/t16-,17-,20+/m0/s1. The second-order valence-corrected chi connectivity index (χ2v) is 8.63. The van der Waals surface area contributed by atoms with Crippen LogP contribution in [0.4, 0.5) is 0 Å². The number of amides is 1. The molecule has 0 unspecified atom stereocenters. The van der Waals surface area contributed by atoms with Gasteiger partial charge in [-0.25, -0.2) is 4.99 Å². The summed E-state index contributed by atoms with van der Waals surface area (Å²) in [4.78, 5) is 19.4. The Hall–Kier alpha value is -1.10. The van der Waals surface area contributed by atoms with Crippen LogP contribution < -0.4 is 11.1 Å². The molecule has 1 heterocycles. The maximum Gasteiger partial charge on any atom is 0.257 e. The van der Waals surface area contributed by atoms with Gasteiger partial charge < -0.3 is 11.1 Å². The molecule has 5 heteroatoms. The van der Waals surface area contributed by atoms with E-state index in [9.17, 15) is 4.79 Å². The zero-order chi connectivity index (χ0) is 17.9. The molecule has 1 aliphatic heterocycles. The molecular weight excluding hydrogens is 312 g/mol. The fourth-order valence-electron chi connectivity index (χ4n) is 5.29. The topological polar surface area (TPSA) is 70.7 Å². The van der Waals surface area contributed by atoms with Gasteiger partial charge in [-0.3, -0.25) is 9.69 Å². The van der Waals surface area contributed by atoms with Crippen LogP contribution in [-0.2, 0) is 4.79 Å². The fraction of sp³-hybridized carbons (Fsp3) is 0.900. The van der Waals surface area contributed by atoms with Gasteiger partial charge >= 0.3 is 0 Å². The lowest BCUT2D eigenvalue weighted by molar-refractivity contribution is -0.131. The van der Waals surface area contributed by atoms with E-state index in [-0.39, 0.29) is 5.91 Å². The summed E-state index contributed by atoms with van der Waals surface area (Å²) in [6, 6.07) is 0.588. The largest absolute Gasteiger partial charge is 0.369 e. The summed E-state index contributed by atoms with van der Waals surface area (Å²) in [5.41, 5.74) is 5.47. The Bertz CT molecular complexity index is 500. The van der Waals surface area contributed by atoms with Gasteiger partial charge in [0.2, 0.25) is 0 Å². The summed E-state index contributed by atoms with van der Waals surface area (Å²) >= 11 is 0. The Morgan fingerprint density at radius 1 is 1.16 bits per heavy atom. The highest BCUT2D eigenvalue weighted by Gasteiger charge is 2.47. The van der Waals surface area contributed by atoms with E-state index in [1.54, 1.807) is 11.9 Å². The number of likely N-dealkylation sites (N-methyl/N-ethyl adjacent to an activating group) is 1. The normalized spacial score (nSPS) is 34.4. The molecule has 1 amide bonds. The van der Waals surface area contributed by atoms with E-state index in [0.717, 1.165) is 31.6 Å². The third-order valence-electron chi connectivity index (χ3n) is 6.88. The van der Waals surface area contributed by atoms with Gasteiger partial charge in [-0.05, 0) is 51.0 Å². The van der Waals surface area contributed by atoms with E-state index in [2.05, 4.69) is 12.4 Å². The molecule has 0 spiro atoms. The summed E-state index contributed by atoms with van der Waals surface area (Å²) < 4.78 is 0. The van der Waals surface area contributed by atoms with Crippen molar-refractivity contribution in [3.63, 3.8) is 0 Å². The molecule has 2 saturated carbocycles. The molecule has 25 heavy (non-hydrogen) atoms. The summed E-state index contributed by atoms with van der Waals surface area (Å²) in [5.74, 6) is 1.89. The van der Waals surface area contributed by atoms with Crippen LogP contribution >= 0.6 is 0 Å². The van der Waals surface area contributed by atoms with Crippen LogP contribution in [0.15, 0.2) is 4.99 Å². The zero-order valence-corrected chi connectivity index (χ0v) is 16.1. The van der Waals surface area contributed by atoms with E-state index in [4.69, 9.17) is 10.7 Å². The molecule has 3 atom stereocenters. The van der Waals surface area contributed by atoms with Crippen molar-refractivity contribution < 1.29 is 4.79 Å². The average Bonchev–Trinajstić information content (AvgIpc) is 2.85. The number of carbonyl (C=O) groups is 1. The first-order valence-electron chi connectivity index (χ1n) is 10.3. The number of guanidine groups is 1. The molecule has 0 bridgehead atoms. The Morgan fingerprint density at radius 3 is 2.52 bits per heavy atom. The predicted octanol–water partition coefficient (Wildman–Crippen LogP) is 3.04. The first-order chi connectivity index (χ1) is 12.0. The summed E-state index contributed by atoms with van der Waals surface area (Å²) in [6.45, 7) is 0. The Morgan fingerprint density at radius 2 is 1.88 bits per heavy atom. The van der Waals surface area contributed by atoms with E-state index in [1.165, 1.54) is 51.4 Å². The number of hydrogen-bond acceptors (Lipinski definition) is 4. The van der Waals surface area contributed by atoms with E-state index >= 15 is 0 Å². The van der Waals surface area contributed by atoms with Crippen molar-refractivity contribution in [2.75, 3.05) is 14.1 Å². The van der Waals surface area contributed by atoms with Crippen LogP contribution in [0.2, 0.25) is 0 Å². The number of nitrogens with one attached hydrogen (secondary N) is 1. The van der Waals surface area contributed by atoms with Crippen LogP contribution in [0.5, 0.6) is 0 Å². The van der Waals surface area contributed by atoms with Crippen LogP contribution in [0.1, 0.15) is 77.0 Å². The molecule has 0 saturated heterocycles. The molecule has 0 aromatic heterocycles.